The van der Waals surface area contributed by atoms with E-state index in [-0.39, 0.29) is 54.1 Å². The molecule has 4 aliphatic carbocycles. The van der Waals surface area contributed by atoms with Crippen LogP contribution in [0.25, 0.3) is 0 Å². The maximum absolute atomic E-state index is 13.9. The minimum Gasteiger partial charge on any atom is -0.456 e. The lowest BCUT2D eigenvalue weighted by atomic mass is 9.35. The minimum absolute atomic E-state index is 0.0319. The molecule has 0 unspecified atom stereocenters. The van der Waals surface area contributed by atoms with E-state index in [9.17, 15) is 50.4 Å². The van der Waals surface area contributed by atoms with Gasteiger partial charge in [0.2, 0.25) is 0 Å². The molecular weight excluding hydrogens is 824 g/mol. The van der Waals surface area contributed by atoms with Gasteiger partial charge in [0.1, 0.15) is 67.3 Å². The number of esters is 1. The molecule has 4 aliphatic heterocycles. The molecule has 4 saturated heterocycles. The fourth-order valence-corrected chi connectivity index (χ4v) is 14.4. The summed E-state index contributed by atoms with van der Waals surface area (Å²) in [5.74, 6) is -0.783. The molecular formula is C46H72O17. The number of ether oxygens (including phenoxy) is 7. The average molecular weight is 897 g/mol. The van der Waals surface area contributed by atoms with Crippen LogP contribution in [-0.4, -0.2) is 164 Å². The van der Waals surface area contributed by atoms with E-state index in [0.29, 0.717) is 19.3 Å². The number of aliphatic hydroxyl groups is 8. The Labute approximate surface area is 369 Å². The third-order valence-electron chi connectivity index (χ3n) is 18.0. The second-order valence-corrected chi connectivity index (χ2v) is 21.7. The van der Waals surface area contributed by atoms with Crippen LogP contribution in [0, 0.1) is 45.3 Å². The van der Waals surface area contributed by atoms with E-state index in [1.807, 2.05) is 19.9 Å². The van der Waals surface area contributed by atoms with Crippen molar-refractivity contribution in [1.82, 2.24) is 0 Å². The van der Waals surface area contributed by atoms with E-state index in [1.165, 1.54) is 13.2 Å². The molecule has 0 amide bonds. The maximum atomic E-state index is 13.9. The van der Waals surface area contributed by atoms with Gasteiger partial charge < -0.3 is 78.8 Å². The second kappa shape index (κ2) is 17.1. The molecule has 8 N–H and O–H groups in total. The van der Waals surface area contributed by atoms with Crippen molar-refractivity contribution in [3.8, 4) is 0 Å². The molecule has 0 spiro atoms. The standard InChI is InChI=1S/C46H72O17/c1-21(2)16-23-17-46(56,41(55)60-23)25-10-13-43(6)24(25)8-9-29-44(43,7)14-11-28-42(4,5)30(12-15-45(28,29)20-47)61-40-37(63-39-35(54)33(52)31(50)22(3)59-39)36(27(49)19-58-40)62-38-34(53)32(51)26(48)18-57-38/h16,20,22-40,48-54,56H,8-15,17-19H2,1-7H3/t22-,23-,24+,25-,26+,27-,28+,29+,30-,31-,32-,33+,34+,35+,36-,37+,38-,39-,40-,43+,44+,45+,46+/m0/s1. The first-order chi connectivity index (χ1) is 29.5. The average Bonchev–Trinajstić information content (AvgIpc) is 3.73. The van der Waals surface area contributed by atoms with Crippen molar-refractivity contribution in [2.24, 2.45) is 45.3 Å². The fraction of sp³-hybridized carbons (Fsp3) is 0.913. The SMILES string of the molecule is CC(C)=C[C@H]1C[C@@](O)([C@H]2CC[C@]3(C)[C@@H]2CC[C@H]2[C@@]4(C=O)CC[C@H](O[C@@H]5OC[C@H](O)[C@H](O[C@@H]6OC[C@@H](O)[C@H](O)[C@H]6O)[C@H]5O[C@@H]5O[C@@H](C)[C@H](O)[C@@H](O)[C@H]5O)C(C)(C)[C@H]4CC[C@]23C)C(=O)O1. The fourth-order valence-electron chi connectivity index (χ4n) is 14.4. The number of carbonyl (C=O) groups is 2. The van der Waals surface area contributed by atoms with Crippen LogP contribution in [-0.2, 0) is 42.7 Å². The Morgan fingerprint density at radius 1 is 0.683 bits per heavy atom. The molecule has 17 nitrogen and oxygen atoms in total. The van der Waals surface area contributed by atoms with Crippen LogP contribution in [0.15, 0.2) is 11.6 Å². The van der Waals surface area contributed by atoms with Crippen molar-refractivity contribution in [2.45, 2.75) is 204 Å². The number of fused-ring (bicyclic) bond motifs is 5. The predicted molar refractivity (Wildman–Crippen MR) is 219 cm³/mol. The summed E-state index contributed by atoms with van der Waals surface area (Å²) in [5, 5.41) is 86.7. The largest absolute Gasteiger partial charge is 0.456 e. The molecule has 0 aromatic rings. The highest BCUT2D eigenvalue weighted by Crippen LogP contribution is 2.76. The van der Waals surface area contributed by atoms with Crippen LogP contribution >= 0.6 is 0 Å². The number of rotatable bonds is 9. The summed E-state index contributed by atoms with van der Waals surface area (Å²) in [6.45, 7) is 13.6. The van der Waals surface area contributed by atoms with E-state index in [4.69, 9.17) is 33.2 Å². The van der Waals surface area contributed by atoms with E-state index in [0.717, 1.165) is 37.7 Å². The van der Waals surface area contributed by atoms with Crippen LogP contribution < -0.4 is 0 Å². The number of allylic oxidation sites excluding steroid dienone is 1. The molecule has 63 heavy (non-hydrogen) atoms. The van der Waals surface area contributed by atoms with Gasteiger partial charge in [-0.05, 0) is 112 Å². The molecule has 0 aromatic carbocycles. The third-order valence-corrected chi connectivity index (χ3v) is 18.0. The zero-order chi connectivity index (χ0) is 45.8. The van der Waals surface area contributed by atoms with Crippen molar-refractivity contribution in [3.63, 3.8) is 0 Å². The number of carbonyl (C=O) groups excluding carboxylic acids is 2. The van der Waals surface area contributed by atoms with Gasteiger partial charge in [-0.3, -0.25) is 0 Å². The molecule has 8 rings (SSSR count). The van der Waals surface area contributed by atoms with E-state index >= 15 is 0 Å². The zero-order valence-electron chi connectivity index (χ0n) is 37.7. The first kappa shape index (κ1) is 47.8. The predicted octanol–water partition coefficient (Wildman–Crippen LogP) is 1.00. The summed E-state index contributed by atoms with van der Waals surface area (Å²) in [4.78, 5) is 27.3. The van der Waals surface area contributed by atoms with Gasteiger partial charge in [-0.2, -0.15) is 0 Å². The lowest BCUT2D eigenvalue weighted by Gasteiger charge is -2.69. The van der Waals surface area contributed by atoms with Gasteiger partial charge in [0.25, 0.3) is 0 Å². The van der Waals surface area contributed by atoms with Crippen LogP contribution in [0.5, 0.6) is 0 Å². The van der Waals surface area contributed by atoms with Crippen LogP contribution in [0.1, 0.15) is 106 Å². The van der Waals surface area contributed by atoms with E-state index in [2.05, 4.69) is 27.7 Å². The van der Waals surface area contributed by atoms with Crippen molar-refractivity contribution >= 4 is 12.3 Å². The molecule has 0 radical (unpaired) electrons. The van der Waals surface area contributed by atoms with E-state index < -0.39 is 115 Å². The number of aliphatic hydroxyl groups excluding tert-OH is 7. The summed E-state index contributed by atoms with van der Waals surface area (Å²) >= 11 is 0. The maximum Gasteiger partial charge on any atom is 0.339 e. The van der Waals surface area contributed by atoms with Gasteiger partial charge in [-0.25, -0.2) is 4.79 Å². The van der Waals surface area contributed by atoms with Crippen molar-refractivity contribution < 1.29 is 83.6 Å². The van der Waals surface area contributed by atoms with Gasteiger partial charge in [0, 0.05) is 17.8 Å². The lowest BCUT2D eigenvalue weighted by Crippen LogP contribution is -2.67. The summed E-state index contributed by atoms with van der Waals surface area (Å²) in [7, 11) is 0. The number of aldehydes is 1. The lowest BCUT2D eigenvalue weighted by molar-refractivity contribution is -0.383. The van der Waals surface area contributed by atoms with Crippen LogP contribution in [0.2, 0.25) is 0 Å². The quantitative estimate of drug-likeness (QED) is 0.0695. The molecule has 4 heterocycles. The molecule has 23 atom stereocenters. The molecule has 0 bridgehead atoms. The third kappa shape index (κ3) is 7.60. The highest BCUT2D eigenvalue weighted by atomic mass is 16.8. The Hall–Kier alpha value is -1.68. The molecule has 8 fully saturated rings. The summed E-state index contributed by atoms with van der Waals surface area (Å²) in [5.41, 5.74) is -2.36. The van der Waals surface area contributed by atoms with Gasteiger partial charge in [-0.15, -0.1) is 0 Å². The number of hydrogen-bond acceptors (Lipinski definition) is 17. The van der Waals surface area contributed by atoms with Gasteiger partial charge in [0.05, 0.1) is 25.4 Å². The van der Waals surface area contributed by atoms with Gasteiger partial charge in [0.15, 0.2) is 24.5 Å². The van der Waals surface area contributed by atoms with Crippen molar-refractivity contribution in [2.75, 3.05) is 13.2 Å². The molecule has 4 saturated carbocycles. The molecule has 358 valence electrons. The van der Waals surface area contributed by atoms with E-state index in [1.54, 1.807) is 0 Å². The Bertz CT molecular complexity index is 1720. The van der Waals surface area contributed by atoms with Gasteiger partial charge in [-0.1, -0.05) is 33.3 Å². The van der Waals surface area contributed by atoms with Crippen molar-refractivity contribution in [3.05, 3.63) is 11.6 Å². The topological polar surface area (TPSA) is 261 Å². The highest BCUT2D eigenvalue weighted by Gasteiger charge is 2.72. The van der Waals surface area contributed by atoms with Gasteiger partial charge >= 0.3 is 5.97 Å². The molecule has 17 heteroatoms. The smallest absolute Gasteiger partial charge is 0.339 e. The van der Waals surface area contributed by atoms with Crippen molar-refractivity contribution in [1.29, 1.82) is 0 Å². The molecule has 0 aromatic heterocycles. The summed E-state index contributed by atoms with van der Waals surface area (Å²) in [6, 6.07) is 0. The van der Waals surface area contributed by atoms with Crippen LogP contribution in [0.3, 0.4) is 0 Å². The monoisotopic (exact) mass is 896 g/mol. The Kier molecular flexibility index (Phi) is 13.0. The number of cyclic esters (lactones) is 1. The molecule has 8 aliphatic rings. The second-order valence-electron chi connectivity index (χ2n) is 21.7. The normalized spacial score (nSPS) is 54.3. The first-order valence-electron chi connectivity index (χ1n) is 23.2. The highest BCUT2D eigenvalue weighted by molar-refractivity contribution is 5.82. The number of hydrogen-bond donors (Lipinski definition) is 8. The zero-order valence-corrected chi connectivity index (χ0v) is 37.7. The summed E-state index contributed by atoms with van der Waals surface area (Å²) in [6.07, 6.45) is -11.0. The Morgan fingerprint density at radius 3 is 2.03 bits per heavy atom. The Morgan fingerprint density at radius 2 is 1.33 bits per heavy atom. The first-order valence-corrected chi connectivity index (χ1v) is 23.2. The Balaban J connectivity index is 1.04. The summed E-state index contributed by atoms with van der Waals surface area (Å²) < 4.78 is 42.5. The van der Waals surface area contributed by atoms with Crippen LogP contribution in [0.4, 0.5) is 0 Å². The minimum atomic E-state index is -1.73.